The highest BCUT2D eigenvalue weighted by molar-refractivity contribution is 8.00. The standard InChI is InChI=1S/C9H11NS2/c10-9(11)7-12-6-8-4-2-1-3-5-8/h1-5H,6-7H2,(H2,10,11). The molecular formula is C9H11NS2. The fourth-order valence-electron chi connectivity index (χ4n) is 0.844. The zero-order chi connectivity index (χ0) is 8.81. The van der Waals surface area contributed by atoms with Crippen molar-refractivity contribution in [2.45, 2.75) is 5.75 Å². The van der Waals surface area contributed by atoms with Crippen LogP contribution < -0.4 is 5.73 Å². The first-order chi connectivity index (χ1) is 5.79. The number of nitrogens with two attached hydrogens (primary N) is 1. The summed E-state index contributed by atoms with van der Waals surface area (Å²) in [5, 5.41) is 0. The summed E-state index contributed by atoms with van der Waals surface area (Å²) in [7, 11) is 0. The molecule has 0 amide bonds. The number of hydrogen-bond acceptors (Lipinski definition) is 2. The van der Waals surface area contributed by atoms with Crippen LogP contribution in [0.2, 0.25) is 0 Å². The smallest absolute Gasteiger partial charge is 0.0827 e. The Bertz CT molecular complexity index is 246. The van der Waals surface area contributed by atoms with Crippen LogP contribution in [-0.2, 0) is 5.75 Å². The Labute approximate surface area is 82.3 Å². The first-order valence-electron chi connectivity index (χ1n) is 3.69. The van der Waals surface area contributed by atoms with E-state index in [2.05, 4.69) is 12.1 Å². The molecule has 1 aromatic carbocycles. The summed E-state index contributed by atoms with van der Waals surface area (Å²) in [6, 6.07) is 10.3. The molecule has 0 fully saturated rings. The highest BCUT2D eigenvalue weighted by atomic mass is 32.2. The van der Waals surface area contributed by atoms with Crippen molar-refractivity contribution in [3.05, 3.63) is 35.9 Å². The van der Waals surface area contributed by atoms with Gasteiger partial charge in [-0.1, -0.05) is 42.5 Å². The summed E-state index contributed by atoms with van der Waals surface area (Å²) in [6.45, 7) is 0. The maximum Gasteiger partial charge on any atom is 0.0827 e. The van der Waals surface area contributed by atoms with Gasteiger partial charge in [0.1, 0.15) is 0 Å². The highest BCUT2D eigenvalue weighted by Crippen LogP contribution is 2.10. The van der Waals surface area contributed by atoms with E-state index in [4.69, 9.17) is 18.0 Å². The number of benzene rings is 1. The van der Waals surface area contributed by atoms with Crippen LogP contribution in [0.3, 0.4) is 0 Å². The van der Waals surface area contributed by atoms with E-state index in [1.807, 2.05) is 18.2 Å². The molecule has 0 bridgehead atoms. The van der Waals surface area contributed by atoms with Gasteiger partial charge in [0, 0.05) is 11.5 Å². The maximum atomic E-state index is 5.37. The molecule has 0 spiro atoms. The first kappa shape index (κ1) is 9.55. The molecule has 1 aromatic rings. The van der Waals surface area contributed by atoms with Gasteiger partial charge in [0.2, 0.25) is 0 Å². The van der Waals surface area contributed by atoms with Crippen molar-refractivity contribution in [3.8, 4) is 0 Å². The summed E-state index contributed by atoms with van der Waals surface area (Å²) in [4.78, 5) is 0.580. The minimum atomic E-state index is 0.580. The lowest BCUT2D eigenvalue weighted by Gasteiger charge is -1.99. The molecule has 3 heteroatoms. The molecule has 0 aromatic heterocycles. The van der Waals surface area contributed by atoms with Gasteiger partial charge < -0.3 is 5.73 Å². The number of thioether (sulfide) groups is 1. The summed E-state index contributed by atoms with van der Waals surface area (Å²) >= 11 is 6.52. The zero-order valence-corrected chi connectivity index (χ0v) is 8.33. The van der Waals surface area contributed by atoms with Crippen LogP contribution in [0.1, 0.15) is 5.56 Å². The zero-order valence-electron chi connectivity index (χ0n) is 6.69. The van der Waals surface area contributed by atoms with E-state index in [1.54, 1.807) is 11.8 Å². The van der Waals surface area contributed by atoms with Crippen molar-refractivity contribution in [1.82, 2.24) is 0 Å². The Kier molecular flexibility index (Phi) is 4.11. The van der Waals surface area contributed by atoms with Crippen molar-refractivity contribution in [3.63, 3.8) is 0 Å². The van der Waals surface area contributed by atoms with Gasteiger partial charge in [-0.3, -0.25) is 0 Å². The van der Waals surface area contributed by atoms with Crippen molar-refractivity contribution >= 4 is 29.0 Å². The van der Waals surface area contributed by atoms with E-state index in [1.165, 1.54) is 5.56 Å². The average Bonchev–Trinajstić information content (AvgIpc) is 2.05. The predicted octanol–water partition coefficient (Wildman–Crippen LogP) is 2.21. The van der Waals surface area contributed by atoms with Crippen molar-refractivity contribution in [2.75, 3.05) is 5.75 Å². The van der Waals surface area contributed by atoms with Crippen LogP contribution in [0, 0.1) is 0 Å². The molecule has 0 saturated carbocycles. The molecular weight excluding hydrogens is 186 g/mol. The molecule has 0 atom stereocenters. The molecule has 0 radical (unpaired) electrons. The van der Waals surface area contributed by atoms with E-state index in [0.717, 1.165) is 11.5 Å². The summed E-state index contributed by atoms with van der Waals surface area (Å²) in [5.74, 6) is 1.75. The highest BCUT2D eigenvalue weighted by Gasteiger charge is 1.92. The predicted molar refractivity (Wildman–Crippen MR) is 59.4 cm³/mol. The monoisotopic (exact) mass is 197 g/mol. The Morgan fingerprint density at radius 2 is 2.00 bits per heavy atom. The lowest BCUT2D eigenvalue weighted by atomic mass is 10.2. The number of thiocarbonyl (C=S) groups is 1. The molecule has 64 valence electrons. The molecule has 0 saturated heterocycles. The van der Waals surface area contributed by atoms with E-state index in [0.29, 0.717) is 4.99 Å². The van der Waals surface area contributed by atoms with Gasteiger partial charge in [0.15, 0.2) is 0 Å². The van der Waals surface area contributed by atoms with Gasteiger partial charge >= 0.3 is 0 Å². The normalized spacial score (nSPS) is 9.67. The fourth-order valence-corrected chi connectivity index (χ4v) is 1.83. The topological polar surface area (TPSA) is 26.0 Å². The fraction of sp³-hybridized carbons (Fsp3) is 0.222. The SMILES string of the molecule is NC(=S)CSCc1ccccc1. The number of hydrogen-bond donors (Lipinski definition) is 1. The Morgan fingerprint density at radius 1 is 1.33 bits per heavy atom. The second-order valence-electron chi connectivity index (χ2n) is 2.44. The molecule has 0 aliphatic carbocycles. The van der Waals surface area contributed by atoms with Gasteiger partial charge in [-0.05, 0) is 5.56 Å². The minimum absolute atomic E-state index is 0.580. The third-order valence-corrected chi connectivity index (χ3v) is 2.74. The molecule has 12 heavy (non-hydrogen) atoms. The lowest BCUT2D eigenvalue weighted by molar-refractivity contribution is 1.42. The summed E-state index contributed by atoms with van der Waals surface area (Å²) < 4.78 is 0. The molecule has 0 aliphatic heterocycles. The molecule has 0 aliphatic rings. The maximum absolute atomic E-state index is 5.37. The molecule has 0 unspecified atom stereocenters. The Hall–Kier alpha value is -0.540. The van der Waals surface area contributed by atoms with Crippen LogP contribution in [0.5, 0.6) is 0 Å². The van der Waals surface area contributed by atoms with Crippen molar-refractivity contribution < 1.29 is 0 Å². The van der Waals surface area contributed by atoms with E-state index < -0.39 is 0 Å². The molecule has 1 nitrogen and oxygen atoms in total. The van der Waals surface area contributed by atoms with E-state index in [-0.39, 0.29) is 0 Å². The lowest BCUT2D eigenvalue weighted by Crippen LogP contribution is -2.10. The third kappa shape index (κ3) is 3.74. The number of rotatable bonds is 4. The van der Waals surface area contributed by atoms with Crippen LogP contribution in [0.15, 0.2) is 30.3 Å². The van der Waals surface area contributed by atoms with Gasteiger partial charge in [-0.2, -0.15) is 0 Å². The van der Waals surface area contributed by atoms with Gasteiger partial charge in [-0.15, -0.1) is 11.8 Å². The van der Waals surface area contributed by atoms with Crippen LogP contribution in [0.4, 0.5) is 0 Å². The minimum Gasteiger partial charge on any atom is -0.393 e. The van der Waals surface area contributed by atoms with Crippen molar-refractivity contribution in [2.24, 2.45) is 5.73 Å². The van der Waals surface area contributed by atoms with E-state index in [9.17, 15) is 0 Å². The third-order valence-electron chi connectivity index (χ3n) is 1.36. The van der Waals surface area contributed by atoms with Gasteiger partial charge in [0.25, 0.3) is 0 Å². The van der Waals surface area contributed by atoms with Gasteiger partial charge in [-0.25, -0.2) is 0 Å². The quantitative estimate of drug-likeness (QED) is 0.749. The summed E-state index contributed by atoms with van der Waals surface area (Å²) in [6.07, 6.45) is 0. The van der Waals surface area contributed by atoms with Crippen LogP contribution in [-0.4, -0.2) is 10.7 Å². The van der Waals surface area contributed by atoms with Crippen LogP contribution >= 0.6 is 24.0 Å². The Morgan fingerprint density at radius 3 is 2.58 bits per heavy atom. The second-order valence-corrected chi connectivity index (χ2v) is 3.95. The average molecular weight is 197 g/mol. The van der Waals surface area contributed by atoms with E-state index >= 15 is 0 Å². The molecule has 2 N–H and O–H groups in total. The molecule has 1 rings (SSSR count). The van der Waals surface area contributed by atoms with Crippen LogP contribution in [0.25, 0.3) is 0 Å². The second kappa shape index (κ2) is 5.17. The summed E-state index contributed by atoms with van der Waals surface area (Å²) in [5.41, 5.74) is 6.69. The molecule has 0 heterocycles. The van der Waals surface area contributed by atoms with Gasteiger partial charge in [0.05, 0.1) is 4.99 Å². The largest absolute Gasteiger partial charge is 0.393 e. The van der Waals surface area contributed by atoms with Crippen molar-refractivity contribution in [1.29, 1.82) is 0 Å². The Balaban J connectivity index is 2.29. The first-order valence-corrected chi connectivity index (χ1v) is 5.25.